The number of hydrogen-bond acceptors (Lipinski definition) is 7. The molecule has 3 aliphatic heterocycles. The zero-order valence-electron chi connectivity index (χ0n) is 16.0. The second kappa shape index (κ2) is 7.44. The molecular weight excluding hydrogens is 396 g/mol. The third kappa shape index (κ3) is 3.38. The van der Waals surface area contributed by atoms with Crippen LogP contribution in [0.25, 0.3) is 0 Å². The number of ether oxygens (including phenoxy) is 2. The Kier molecular flexibility index (Phi) is 4.95. The van der Waals surface area contributed by atoms with Gasteiger partial charge in [-0.05, 0) is 62.0 Å². The fourth-order valence-electron chi connectivity index (χ4n) is 4.97. The molecule has 0 bridgehead atoms. The van der Waals surface area contributed by atoms with Crippen LogP contribution in [0.5, 0.6) is 5.75 Å². The lowest BCUT2D eigenvalue weighted by Crippen LogP contribution is -2.62. The van der Waals surface area contributed by atoms with Crippen molar-refractivity contribution in [3.05, 3.63) is 35.1 Å². The zero-order valence-corrected chi connectivity index (χ0v) is 17.6. The number of piperidine rings is 1. The molecule has 1 atom stereocenters. The summed E-state index contributed by atoms with van der Waals surface area (Å²) in [5.74, 6) is 1.47. The molecule has 1 aromatic heterocycles. The van der Waals surface area contributed by atoms with Crippen LogP contribution >= 0.6 is 23.1 Å². The van der Waals surface area contributed by atoms with Crippen LogP contribution in [-0.4, -0.2) is 65.8 Å². The van der Waals surface area contributed by atoms with E-state index in [9.17, 15) is 0 Å². The van der Waals surface area contributed by atoms with Gasteiger partial charge in [-0.25, -0.2) is 4.98 Å². The number of rotatable bonds is 4. The van der Waals surface area contributed by atoms with Gasteiger partial charge in [0.15, 0.2) is 0 Å². The van der Waals surface area contributed by atoms with Crippen molar-refractivity contribution in [3.8, 4) is 5.75 Å². The largest absolute Gasteiger partial charge is 0.496 e. The van der Waals surface area contributed by atoms with Crippen LogP contribution in [0, 0.1) is 0 Å². The normalized spacial score (nSPS) is 25.2. The van der Waals surface area contributed by atoms with Crippen molar-refractivity contribution in [1.82, 2.24) is 14.3 Å². The van der Waals surface area contributed by atoms with E-state index in [0.29, 0.717) is 12.0 Å². The summed E-state index contributed by atoms with van der Waals surface area (Å²) in [5, 5.41) is 1.79. The minimum Gasteiger partial charge on any atom is -0.496 e. The monoisotopic (exact) mass is 420 g/mol. The molecule has 3 fully saturated rings. The van der Waals surface area contributed by atoms with Crippen molar-refractivity contribution < 1.29 is 9.47 Å². The SMILES string of the molecule is COc1ccc(Cl)cc1C1CCN(C2COC3(C2)CN(c2ncns2)C3)CC1. The second-order valence-electron chi connectivity index (χ2n) is 8.13. The van der Waals surface area contributed by atoms with E-state index in [4.69, 9.17) is 21.1 Å². The van der Waals surface area contributed by atoms with Crippen molar-refractivity contribution in [3.63, 3.8) is 0 Å². The van der Waals surface area contributed by atoms with Gasteiger partial charge in [0.05, 0.1) is 26.8 Å². The minimum atomic E-state index is 0.0172. The van der Waals surface area contributed by atoms with Crippen LogP contribution < -0.4 is 9.64 Å². The topological polar surface area (TPSA) is 50.7 Å². The van der Waals surface area contributed by atoms with Gasteiger partial charge in [0.2, 0.25) is 5.13 Å². The molecule has 0 radical (unpaired) electrons. The first-order chi connectivity index (χ1) is 13.7. The van der Waals surface area contributed by atoms with Crippen molar-refractivity contribution in [2.24, 2.45) is 0 Å². The Morgan fingerprint density at radius 2 is 2.11 bits per heavy atom. The first-order valence-corrected chi connectivity index (χ1v) is 11.0. The van der Waals surface area contributed by atoms with E-state index in [2.05, 4.69) is 25.2 Å². The number of nitrogens with zero attached hydrogens (tertiary/aromatic N) is 4. The predicted molar refractivity (Wildman–Crippen MR) is 111 cm³/mol. The van der Waals surface area contributed by atoms with Crippen LogP contribution in [0.1, 0.15) is 30.7 Å². The summed E-state index contributed by atoms with van der Waals surface area (Å²) in [4.78, 5) is 9.20. The van der Waals surface area contributed by atoms with Crippen LogP contribution in [0.15, 0.2) is 24.5 Å². The smallest absolute Gasteiger partial charge is 0.205 e. The lowest BCUT2D eigenvalue weighted by Gasteiger charge is -2.47. The van der Waals surface area contributed by atoms with E-state index in [1.54, 1.807) is 13.4 Å². The fourth-order valence-corrected chi connectivity index (χ4v) is 5.67. The minimum absolute atomic E-state index is 0.0172. The van der Waals surface area contributed by atoms with Gasteiger partial charge >= 0.3 is 0 Å². The molecule has 150 valence electrons. The first-order valence-electron chi connectivity index (χ1n) is 9.89. The Morgan fingerprint density at radius 1 is 1.29 bits per heavy atom. The maximum atomic E-state index is 6.27. The van der Waals surface area contributed by atoms with Crippen molar-refractivity contribution in [2.45, 2.75) is 36.8 Å². The quantitative estimate of drug-likeness (QED) is 0.755. The molecule has 0 amide bonds. The molecule has 5 rings (SSSR count). The summed E-state index contributed by atoms with van der Waals surface area (Å²) in [6.45, 7) is 4.92. The van der Waals surface area contributed by atoms with E-state index < -0.39 is 0 Å². The van der Waals surface area contributed by atoms with Gasteiger partial charge in [-0.2, -0.15) is 4.37 Å². The van der Waals surface area contributed by atoms with Crippen LogP contribution in [0.3, 0.4) is 0 Å². The lowest BCUT2D eigenvalue weighted by molar-refractivity contribution is -0.0194. The maximum absolute atomic E-state index is 6.27. The van der Waals surface area contributed by atoms with Crippen molar-refractivity contribution in [1.29, 1.82) is 0 Å². The van der Waals surface area contributed by atoms with Gasteiger partial charge in [0, 0.05) is 22.6 Å². The highest BCUT2D eigenvalue weighted by Crippen LogP contribution is 2.41. The highest BCUT2D eigenvalue weighted by atomic mass is 35.5. The average molecular weight is 421 g/mol. The molecule has 1 aromatic carbocycles. The Hall–Kier alpha value is -1.41. The van der Waals surface area contributed by atoms with Crippen molar-refractivity contribution in [2.75, 3.05) is 44.8 Å². The highest BCUT2D eigenvalue weighted by Gasteiger charge is 2.51. The van der Waals surface area contributed by atoms with E-state index in [1.807, 2.05) is 12.1 Å². The van der Waals surface area contributed by atoms with Gasteiger partial charge < -0.3 is 14.4 Å². The molecule has 4 heterocycles. The molecule has 6 nitrogen and oxygen atoms in total. The molecule has 1 unspecified atom stereocenters. The lowest BCUT2D eigenvalue weighted by atomic mass is 9.86. The summed E-state index contributed by atoms with van der Waals surface area (Å²) in [5.41, 5.74) is 1.27. The Balaban J connectivity index is 1.17. The number of likely N-dealkylation sites (tertiary alicyclic amines) is 1. The molecule has 0 N–H and O–H groups in total. The Bertz CT molecular complexity index is 820. The molecule has 0 aliphatic carbocycles. The summed E-state index contributed by atoms with van der Waals surface area (Å²) >= 11 is 7.69. The second-order valence-corrected chi connectivity index (χ2v) is 9.32. The summed E-state index contributed by atoms with van der Waals surface area (Å²) in [7, 11) is 1.74. The number of aromatic nitrogens is 2. The van der Waals surface area contributed by atoms with E-state index in [-0.39, 0.29) is 5.60 Å². The van der Waals surface area contributed by atoms with Gasteiger partial charge in [-0.15, -0.1) is 0 Å². The van der Waals surface area contributed by atoms with E-state index in [1.165, 1.54) is 17.1 Å². The summed E-state index contributed by atoms with van der Waals surface area (Å²) < 4.78 is 15.9. The number of methoxy groups -OCH3 is 1. The number of benzene rings is 1. The van der Waals surface area contributed by atoms with Gasteiger partial charge in [-0.3, -0.25) is 4.90 Å². The number of hydrogen-bond donors (Lipinski definition) is 0. The molecule has 8 heteroatoms. The van der Waals surface area contributed by atoms with Crippen LogP contribution in [0.4, 0.5) is 5.13 Å². The van der Waals surface area contributed by atoms with Crippen LogP contribution in [-0.2, 0) is 4.74 Å². The molecule has 1 spiro atoms. The molecule has 28 heavy (non-hydrogen) atoms. The van der Waals surface area contributed by atoms with Crippen molar-refractivity contribution >= 4 is 28.3 Å². The number of anilines is 1. The third-order valence-corrected chi connectivity index (χ3v) is 7.41. The number of halogens is 1. The average Bonchev–Trinajstić information content (AvgIpc) is 3.37. The Labute approximate surface area is 174 Å². The zero-order chi connectivity index (χ0) is 19.1. The summed E-state index contributed by atoms with van der Waals surface area (Å²) in [6, 6.07) is 6.49. The third-order valence-electron chi connectivity index (χ3n) is 6.45. The fraction of sp³-hybridized carbons (Fsp3) is 0.600. The van der Waals surface area contributed by atoms with Gasteiger partial charge in [0.25, 0.3) is 0 Å². The van der Waals surface area contributed by atoms with Gasteiger partial charge in [-0.1, -0.05) is 11.6 Å². The first kappa shape index (κ1) is 18.6. The predicted octanol–water partition coefficient (Wildman–Crippen LogP) is 3.43. The molecule has 3 saturated heterocycles. The van der Waals surface area contributed by atoms with Gasteiger partial charge in [0.1, 0.15) is 17.7 Å². The van der Waals surface area contributed by atoms with E-state index >= 15 is 0 Å². The van der Waals surface area contributed by atoms with Crippen LogP contribution in [0.2, 0.25) is 5.02 Å². The van der Waals surface area contributed by atoms with E-state index in [0.717, 1.165) is 68.0 Å². The molecule has 2 aromatic rings. The molecule has 0 saturated carbocycles. The highest BCUT2D eigenvalue weighted by molar-refractivity contribution is 7.09. The maximum Gasteiger partial charge on any atom is 0.205 e. The molecular formula is C20H25ClN4O2S. The standard InChI is InChI=1S/C20H25ClN4O2S/c1-26-18-3-2-15(21)8-17(18)14-4-6-24(7-5-14)16-9-20(27-10-16)11-25(12-20)19-22-13-23-28-19/h2-3,8,13-14,16H,4-7,9-12H2,1H3. The Morgan fingerprint density at radius 3 is 2.82 bits per heavy atom. The molecule has 3 aliphatic rings. The summed E-state index contributed by atoms with van der Waals surface area (Å²) in [6.07, 6.45) is 5.02.